The normalized spacial score (nSPS) is 14.2. The van der Waals surface area contributed by atoms with Crippen LogP contribution in [0.1, 0.15) is 32.6 Å². The molecule has 0 aromatic heterocycles. The predicted molar refractivity (Wildman–Crippen MR) is 41.9 cm³/mol. The largest absolute Gasteiger partial charge is 0.516 e. The van der Waals surface area contributed by atoms with E-state index in [2.05, 4.69) is 0 Å². The zero-order chi connectivity index (χ0) is 7.82. The minimum Gasteiger partial charge on any atom is -0.516 e. The Morgan fingerprint density at radius 2 is 2.20 bits per heavy atom. The van der Waals surface area contributed by atoms with E-state index in [-0.39, 0.29) is 6.10 Å². The predicted octanol–water partition coefficient (Wildman–Crippen LogP) is 2.00. The lowest BCUT2D eigenvalue weighted by molar-refractivity contribution is 0.158. The third-order valence-electron chi connectivity index (χ3n) is 1.48. The van der Waals surface area contributed by atoms with Crippen LogP contribution in [0.2, 0.25) is 0 Å². The fourth-order valence-electron chi connectivity index (χ4n) is 0.750. The Bertz CT molecular complexity index is 89.3. The highest BCUT2D eigenvalue weighted by molar-refractivity contribution is 4.71. The van der Waals surface area contributed by atoms with Gasteiger partial charge >= 0.3 is 0 Å². The van der Waals surface area contributed by atoms with E-state index >= 15 is 0 Å². The van der Waals surface area contributed by atoms with Crippen LogP contribution in [-0.2, 0) is 0 Å². The first-order chi connectivity index (χ1) is 4.81. The number of hydrogen-bond acceptors (Lipinski definition) is 2. The molecule has 0 radical (unpaired) electrons. The molecule has 0 aliphatic carbocycles. The maximum absolute atomic E-state index is 9.07. The molecule has 0 amide bonds. The van der Waals surface area contributed by atoms with Gasteiger partial charge in [-0.1, -0.05) is 13.0 Å². The summed E-state index contributed by atoms with van der Waals surface area (Å²) in [6.07, 6.45) is 6.05. The van der Waals surface area contributed by atoms with Crippen LogP contribution >= 0.6 is 0 Å². The van der Waals surface area contributed by atoms with Crippen LogP contribution in [0.5, 0.6) is 0 Å². The first kappa shape index (κ1) is 9.50. The first-order valence-corrected chi connectivity index (χ1v) is 3.78. The summed E-state index contributed by atoms with van der Waals surface area (Å²) in [6, 6.07) is 0. The maximum Gasteiger partial charge on any atom is 0.0751 e. The van der Waals surface area contributed by atoms with Crippen LogP contribution in [0, 0.1) is 0 Å². The molecule has 0 heterocycles. The Kier molecular flexibility index (Phi) is 6.29. The number of aliphatic hydroxyl groups excluding tert-OH is 2. The molecule has 0 aliphatic rings. The highest BCUT2D eigenvalue weighted by Gasteiger charge is 1.97. The second kappa shape index (κ2) is 6.62. The van der Waals surface area contributed by atoms with Crippen molar-refractivity contribution in [2.24, 2.45) is 0 Å². The van der Waals surface area contributed by atoms with Gasteiger partial charge in [0, 0.05) is 0 Å². The first-order valence-electron chi connectivity index (χ1n) is 3.78. The molecule has 1 unspecified atom stereocenters. The van der Waals surface area contributed by atoms with Crippen LogP contribution in [0.4, 0.5) is 0 Å². The number of hydrogen-bond donors (Lipinski definition) is 2. The molecule has 0 fully saturated rings. The minimum atomic E-state index is -0.160. The van der Waals surface area contributed by atoms with Crippen molar-refractivity contribution in [3.63, 3.8) is 0 Å². The van der Waals surface area contributed by atoms with Gasteiger partial charge in [-0.25, -0.2) is 0 Å². The Balaban J connectivity index is 3.03. The van der Waals surface area contributed by atoms with Crippen molar-refractivity contribution in [2.45, 2.75) is 38.7 Å². The smallest absolute Gasteiger partial charge is 0.0751 e. The monoisotopic (exact) mass is 144 g/mol. The molecule has 0 rings (SSSR count). The minimum absolute atomic E-state index is 0.160. The van der Waals surface area contributed by atoms with Crippen LogP contribution in [-0.4, -0.2) is 16.3 Å². The van der Waals surface area contributed by atoms with E-state index in [9.17, 15) is 0 Å². The van der Waals surface area contributed by atoms with Gasteiger partial charge in [-0.15, -0.1) is 0 Å². The quantitative estimate of drug-likeness (QED) is 0.457. The molecule has 1 atom stereocenters. The van der Waals surface area contributed by atoms with Gasteiger partial charge in [-0.05, 0) is 25.7 Å². The van der Waals surface area contributed by atoms with Crippen molar-refractivity contribution in [2.75, 3.05) is 0 Å². The molecular formula is C8H16O2. The average molecular weight is 144 g/mol. The third kappa shape index (κ3) is 5.63. The summed E-state index contributed by atoms with van der Waals surface area (Å²) in [4.78, 5) is 0. The zero-order valence-electron chi connectivity index (χ0n) is 6.45. The third-order valence-corrected chi connectivity index (χ3v) is 1.48. The summed E-state index contributed by atoms with van der Waals surface area (Å²) in [5.41, 5.74) is 0. The maximum atomic E-state index is 9.07. The molecule has 2 heteroatoms. The lowest BCUT2D eigenvalue weighted by Crippen LogP contribution is -2.02. The fraction of sp³-hybridized carbons (Fsp3) is 0.750. The number of rotatable bonds is 5. The van der Waals surface area contributed by atoms with Gasteiger partial charge in [0.2, 0.25) is 0 Å². The Morgan fingerprint density at radius 3 is 2.70 bits per heavy atom. The molecule has 60 valence electrons. The summed E-state index contributed by atoms with van der Waals surface area (Å²) < 4.78 is 0. The highest BCUT2D eigenvalue weighted by Crippen LogP contribution is 2.03. The summed E-state index contributed by atoms with van der Waals surface area (Å²) in [5.74, 6) is 0. The van der Waals surface area contributed by atoms with Crippen molar-refractivity contribution in [3.8, 4) is 0 Å². The van der Waals surface area contributed by atoms with E-state index in [1.807, 2.05) is 6.92 Å². The van der Waals surface area contributed by atoms with Gasteiger partial charge in [0.05, 0.1) is 12.4 Å². The van der Waals surface area contributed by atoms with E-state index < -0.39 is 0 Å². The van der Waals surface area contributed by atoms with Crippen molar-refractivity contribution in [3.05, 3.63) is 12.3 Å². The topological polar surface area (TPSA) is 40.5 Å². The van der Waals surface area contributed by atoms with Crippen molar-refractivity contribution in [1.29, 1.82) is 0 Å². The lowest BCUT2D eigenvalue weighted by Gasteiger charge is -2.04. The summed E-state index contributed by atoms with van der Waals surface area (Å²) in [6.45, 7) is 1.96. The summed E-state index contributed by atoms with van der Waals surface area (Å²) in [5, 5.41) is 17.3. The summed E-state index contributed by atoms with van der Waals surface area (Å²) in [7, 11) is 0. The Morgan fingerprint density at radius 1 is 1.50 bits per heavy atom. The van der Waals surface area contributed by atoms with Gasteiger partial charge in [-0.3, -0.25) is 0 Å². The van der Waals surface area contributed by atoms with E-state index in [0.29, 0.717) is 0 Å². The van der Waals surface area contributed by atoms with E-state index in [4.69, 9.17) is 10.2 Å². The van der Waals surface area contributed by atoms with E-state index in [1.165, 1.54) is 0 Å². The number of allylic oxidation sites excluding steroid dienone is 1. The van der Waals surface area contributed by atoms with Crippen LogP contribution < -0.4 is 0 Å². The Hall–Kier alpha value is -0.500. The van der Waals surface area contributed by atoms with Crippen molar-refractivity contribution >= 4 is 0 Å². The molecule has 0 bridgehead atoms. The Labute approximate surface area is 62.2 Å². The van der Waals surface area contributed by atoms with Gasteiger partial charge in [0.15, 0.2) is 0 Å². The van der Waals surface area contributed by atoms with Crippen LogP contribution in [0.25, 0.3) is 0 Å². The average Bonchev–Trinajstić information content (AvgIpc) is 1.98. The molecular weight excluding hydrogens is 128 g/mol. The molecule has 0 aromatic carbocycles. The summed E-state index contributed by atoms with van der Waals surface area (Å²) >= 11 is 0. The molecule has 0 spiro atoms. The molecule has 0 saturated carbocycles. The molecule has 2 nitrogen and oxygen atoms in total. The van der Waals surface area contributed by atoms with Crippen LogP contribution in [0.3, 0.4) is 0 Å². The fourth-order valence-corrected chi connectivity index (χ4v) is 0.750. The number of aliphatic hydroxyl groups is 2. The second-order valence-electron chi connectivity index (χ2n) is 2.38. The van der Waals surface area contributed by atoms with Crippen molar-refractivity contribution in [1.82, 2.24) is 0 Å². The van der Waals surface area contributed by atoms with Crippen molar-refractivity contribution < 1.29 is 10.2 Å². The van der Waals surface area contributed by atoms with Gasteiger partial charge in [0.1, 0.15) is 0 Å². The van der Waals surface area contributed by atoms with Gasteiger partial charge in [0.25, 0.3) is 0 Å². The number of unbranched alkanes of at least 4 members (excludes halogenated alkanes) is 1. The zero-order valence-corrected chi connectivity index (χ0v) is 6.45. The molecule has 10 heavy (non-hydrogen) atoms. The van der Waals surface area contributed by atoms with E-state index in [1.54, 1.807) is 6.08 Å². The second-order valence-corrected chi connectivity index (χ2v) is 2.38. The molecule has 0 aromatic rings. The highest BCUT2D eigenvalue weighted by atomic mass is 16.3. The molecule has 2 N–H and O–H groups in total. The molecule has 0 saturated heterocycles. The van der Waals surface area contributed by atoms with Gasteiger partial charge < -0.3 is 10.2 Å². The lowest BCUT2D eigenvalue weighted by atomic mass is 10.1. The molecule has 0 aliphatic heterocycles. The standard InChI is InChI=1S/C8H16O2/c1-2-8(10)6-4-3-5-7-9/h5,7-10H,2-4,6H2,1H3. The van der Waals surface area contributed by atoms with Crippen LogP contribution in [0.15, 0.2) is 12.3 Å². The van der Waals surface area contributed by atoms with E-state index in [0.717, 1.165) is 31.9 Å². The van der Waals surface area contributed by atoms with Gasteiger partial charge in [-0.2, -0.15) is 0 Å². The SMILES string of the molecule is CCC(O)CCCC=CO.